The first-order valence-electron chi connectivity index (χ1n) is 17.7. The average molecular weight is 666 g/mol. The number of fused-ring (bicyclic) bond motifs is 4. The van der Waals surface area contributed by atoms with Crippen LogP contribution in [0.25, 0.3) is 32.8 Å². The van der Waals surface area contributed by atoms with E-state index < -0.39 is 11.6 Å². The molecule has 2 atom stereocenters. The summed E-state index contributed by atoms with van der Waals surface area (Å²) in [6, 6.07) is 10.2. The van der Waals surface area contributed by atoms with Crippen molar-refractivity contribution in [2.24, 2.45) is 10.8 Å². The molecule has 2 unspecified atom stereocenters. The van der Waals surface area contributed by atoms with Gasteiger partial charge < -0.3 is 29.7 Å². The van der Waals surface area contributed by atoms with Crippen LogP contribution in [-0.2, 0) is 4.74 Å². The van der Waals surface area contributed by atoms with Gasteiger partial charge in [0.05, 0.1) is 12.2 Å². The van der Waals surface area contributed by atoms with Crippen LogP contribution in [0.4, 0.5) is 14.6 Å². The van der Waals surface area contributed by atoms with E-state index in [-0.39, 0.29) is 45.9 Å². The minimum atomic E-state index is -0.833. The predicted molar refractivity (Wildman–Crippen MR) is 185 cm³/mol. The summed E-state index contributed by atoms with van der Waals surface area (Å²) in [6.45, 7) is 6.67. The van der Waals surface area contributed by atoms with Gasteiger partial charge in [0.25, 0.3) is 0 Å². The summed E-state index contributed by atoms with van der Waals surface area (Å²) in [7, 11) is 0. The van der Waals surface area contributed by atoms with Gasteiger partial charge in [-0.1, -0.05) is 18.1 Å². The highest BCUT2D eigenvalue weighted by Crippen LogP contribution is 2.49. The van der Waals surface area contributed by atoms with E-state index in [0.29, 0.717) is 52.7 Å². The largest absolute Gasteiger partial charge is 0.508 e. The molecule has 49 heavy (non-hydrogen) atoms. The normalized spacial score (nSPS) is 24.1. The van der Waals surface area contributed by atoms with Gasteiger partial charge in [0.1, 0.15) is 22.9 Å². The molecule has 0 radical (unpaired) electrons. The number of phenolic OH excluding ortho intramolecular Hbond substituents is 1. The molecule has 5 heterocycles. The summed E-state index contributed by atoms with van der Waals surface area (Å²) in [4.78, 5) is 14.2. The highest BCUT2D eigenvalue weighted by atomic mass is 19.1. The molecule has 5 aliphatic rings. The number of aromatic nitrogens is 2. The monoisotopic (exact) mass is 665 g/mol. The molecule has 4 aliphatic heterocycles. The summed E-state index contributed by atoms with van der Waals surface area (Å²) in [6.07, 6.45) is 13.5. The van der Waals surface area contributed by atoms with Gasteiger partial charge in [-0.05, 0) is 86.6 Å². The van der Waals surface area contributed by atoms with Crippen LogP contribution in [0.3, 0.4) is 0 Å². The molecule has 4 aromatic rings. The van der Waals surface area contributed by atoms with E-state index in [1.54, 1.807) is 24.3 Å². The highest BCUT2D eigenvalue weighted by Gasteiger charge is 2.48. The molecular formula is C39H41F2N5O3. The Kier molecular flexibility index (Phi) is 7.45. The third kappa shape index (κ3) is 5.56. The Morgan fingerprint density at radius 1 is 1.04 bits per heavy atom. The smallest absolute Gasteiger partial charge is 0.319 e. The van der Waals surface area contributed by atoms with E-state index in [1.807, 2.05) is 0 Å². The van der Waals surface area contributed by atoms with Crippen LogP contribution in [0.15, 0.2) is 36.4 Å². The predicted octanol–water partition coefficient (Wildman–Crippen LogP) is 6.02. The third-order valence-electron chi connectivity index (χ3n) is 11.8. The molecule has 254 valence electrons. The van der Waals surface area contributed by atoms with Crippen LogP contribution < -0.4 is 15.0 Å². The molecule has 0 amide bonds. The fraction of sp³-hybridized carbons (Fsp3) is 0.487. The van der Waals surface area contributed by atoms with E-state index in [4.69, 9.17) is 20.9 Å². The number of halogens is 2. The lowest BCUT2D eigenvalue weighted by atomic mass is 9.80. The van der Waals surface area contributed by atoms with Crippen molar-refractivity contribution < 1.29 is 23.4 Å². The highest BCUT2D eigenvalue weighted by molar-refractivity contribution is 6.04. The summed E-state index contributed by atoms with van der Waals surface area (Å²) in [5.74, 6) is 1.40. The van der Waals surface area contributed by atoms with Crippen molar-refractivity contribution >= 4 is 27.5 Å². The Morgan fingerprint density at radius 2 is 1.84 bits per heavy atom. The summed E-state index contributed by atoms with van der Waals surface area (Å²) >= 11 is 0. The Balaban J connectivity index is 1.09. The second-order valence-corrected chi connectivity index (χ2v) is 15.2. The minimum Gasteiger partial charge on any atom is -0.508 e. The van der Waals surface area contributed by atoms with E-state index in [0.717, 1.165) is 71.4 Å². The van der Waals surface area contributed by atoms with Gasteiger partial charge in [-0.3, -0.25) is 0 Å². The quantitative estimate of drug-likeness (QED) is 0.232. The van der Waals surface area contributed by atoms with Crippen LogP contribution in [0.1, 0.15) is 50.5 Å². The first kappa shape index (κ1) is 31.0. The number of terminal acetylenes is 1. The molecule has 10 heteroatoms. The fourth-order valence-electron chi connectivity index (χ4n) is 9.00. The fourth-order valence-corrected chi connectivity index (χ4v) is 9.00. The van der Waals surface area contributed by atoms with Crippen molar-refractivity contribution in [2.45, 2.75) is 57.0 Å². The number of piperazine rings is 1. The molecular weight excluding hydrogens is 624 g/mol. The molecule has 1 spiro atoms. The molecule has 3 aromatic carbocycles. The van der Waals surface area contributed by atoms with Crippen molar-refractivity contribution in [1.82, 2.24) is 20.2 Å². The number of hydrogen-bond acceptors (Lipinski definition) is 8. The zero-order chi connectivity index (χ0) is 33.3. The lowest BCUT2D eigenvalue weighted by molar-refractivity contribution is 0.0179. The third-order valence-corrected chi connectivity index (χ3v) is 11.8. The Bertz CT molecular complexity index is 1990. The maximum Gasteiger partial charge on any atom is 0.319 e. The first-order valence-corrected chi connectivity index (χ1v) is 17.7. The molecule has 2 bridgehead atoms. The minimum absolute atomic E-state index is 0.0113. The van der Waals surface area contributed by atoms with Gasteiger partial charge in [-0.2, -0.15) is 9.97 Å². The number of rotatable bonds is 7. The van der Waals surface area contributed by atoms with E-state index >= 15 is 8.78 Å². The number of hydrogen-bond donors (Lipinski definition) is 2. The van der Waals surface area contributed by atoms with Gasteiger partial charge in [-0.15, -0.1) is 6.42 Å². The van der Waals surface area contributed by atoms with Crippen molar-refractivity contribution in [3.05, 3.63) is 53.6 Å². The number of aromatic hydroxyl groups is 1. The standard InChI is InChI=1S/C39H41F2N5O3/c1-2-24-4-3-5-25-16-28(47)17-29(32(24)25)33-31(40)18-30-35(34(33)41)43-37(44-36(30)46-19-26-6-7-27(20-46)42-26)49-23-39(8-9-39)22-45-13-10-38(21-45)11-14-48-15-12-38/h1,3-5,16-18,26-27,42,47H,6-15,19-23H2. The van der Waals surface area contributed by atoms with Gasteiger partial charge in [0, 0.05) is 78.8 Å². The van der Waals surface area contributed by atoms with Gasteiger partial charge in [-0.25, -0.2) is 8.78 Å². The molecule has 1 aliphatic carbocycles. The average Bonchev–Trinajstić information content (AvgIpc) is 3.64. The lowest BCUT2D eigenvalue weighted by Gasteiger charge is -2.34. The van der Waals surface area contributed by atoms with Gasteiger partial charge in [0.15, 0.2) is 5.82 Å². The van der Waals surface area contributed by atoms with E-state index in [1.165, 1.54) is 18.6 Å². The van der Waals surface area contributed by atoms with Crippen LogP contribution in [0.2, 0.25) is 0 Å². The van der Waals surface area contributed by atoms with Crippen LogP contribution in [-0.4, -0.2) is 84.6 Å². The molecule has 8 nitrogen and oxygen atoms in total. The molecule has 1 saturated carbocycles. The van der Waals surface area contributed by atoms with Gasteiger partial charge in [0.2, 0.25) is 0 Å². The number of ether oxygens (including phenoxy) is 2. The number of phenols is 1. The summed E-state index contributed by atoms with van der Waals surface area (Å²) in [5, 5.41) is 15.6. The van der Waals surface area contributed by atoms with E-state index in [9.17, 15) is 5.11 Å². The maximum absolute atomic E-state index is 17.0. The molecule has 1 aromatic heterocycles. The van der Waals surface area contributed by atoms with Crippen molar-refractivity contribution in [2.75, 3.05) is 57.4 Å². The van der Waals surface area contributed by atoms with Crippen LogP contribution in [0.5, 0.6) is 11.8 Å². The zero-order valence-corrected chi connectivity index (χ0v) is 27.6. The van der Waals surface area contributed by atoms with Crippen molar-refractivity contribution in [3.63, 3.8) is 0 Å². The number of nitrogens with zero attached hydrogens (tertiary/aromatic N) is 4. The molecule has 4 saturated heterocycles. The van der Waals surface area contributed by atoms with E-state index in [2.05, 4.69) is 26.0 Å². The molecule has 5 fully saturated rings. The Morgan fingerprint density at radius 3 is 2.59 bits per heavy atom. The second-order valence-electron chi connectivity index (χ2n) is 15.2. The van der Waals surface area contributed by atoms with Crippen LogP contribution >= 0.6 is 0 Å². The number of anilines is 1. The summed E-state index contributed by atoms with van der Waals surface area (Å²) < 4.78 is 45.3. The maximum atomic E-state index is 17.0. The second kappa shape index (κ2) is 11.8. The number of nitrogens with one attached hydrogen (secondary N) is 1. The summed E-state index contributed by atoms with van der Waals surface area (Å²) in [5.41, 5.74) is 0.742. The van der Waals surface area contributed by atoms with Crippen LogP contribution in [0, 0.1) is 34.8 Å². The molecule has 2 N–H and O–H groups in total. The number of benzene rings is 3. The molecule has 9 rings (SSSR count). The Hall–Kier alpha value is -4.04. The SMILES string of the molecule is C#Cc1cccc2cc(O)cc(-c3c(F)cc4c(N5CC6CCC(C5)N6)nc(OCC5(CN6CCC7(CCOCC7)C6)CC5)nc4c3F)c12. The zero-order valence-electron chi connectivity index (χ0n) is 27.6. The van der Waals surface area contributed by atoms with Crippen molar-refractivity contribution in [3.8, 4) is 35.2 Å². The number of likely N-dealkylation sites (tertiary alicyclic amines) is 1. The lowest BCUT2D eigenvalue weighted by Crippen LogP contribution is -2.51. The van der Waals surface area contributed by atoms with Gasteiger partial charge >= 0.3 is 6.01 Å². The first-order chi connectivity index (χ1) is 23.8. The Labute approximate surface area is 284 Å². The topological polar surface area (TPSA) is 83.0 Å². The van der Waals surface area contributed by atoms with Crippen molar-refractivity contribution in [1.29, 1.82) is 0 Å².